The number of alkyl carbamates (subject to hydrolysis) is 1. The van der Waals surface area contributed by atoms with Crippen molar-refractivity contribution in [1.29, 1.82) is 0 Å². The first kappa shape index (κ1) is 13.6. The highest BCUT2D eigenvalue weighted by atomic mass is 16.5. The SMILES string of the molecule is CC#CC(NC(=O)OCc1ccccc1)C(=O)O. The van der Waals surface area contributed by atoms with E-state index in [4.69, 9.17) is 9.84 Å². The van der Waals surface area contributed by atoms with E-state index in [2.05, 4.69) is 17.2 Å². The summed E-state index contributed by atoms with van der Waals surface area (Å²) in [5, 5.41) is 10.9. The lowest BCUT2D eigenvalue weighted by atomic mass is 10.2. The molecule has 1 atom stereocenters. The molecule has 0 saturated carbocycles. The van der Waals surface area contributed by atoms with Crippen LogP contribution in [0.3, 0.4) is 0 Å². The van der Waals surface area contributed by atoms with Crippen LogP contribution in [-0.4, -0.2) is 23.2 Å². The van der Waals surface area contributed by atoms with E-state index in [0.29, 0.717) is 0 Å². The third kappa shape index (κ3) is 4.58. The maximum atomic E-state index is 11.3. The maximum absolute atomic E-state index is 11.3. The molecule has 0 aliphatic carbocycles. The number of carboxylic acids is 1. The summed E-state index contributed by atoms with van der Waals surface area (Å²) in [6.45, 7) is 1.57. The average Bonchev–Trinajstić information content (AvgIpc) is 2.37. The van der Waals surface area contributed by atoms with Crippen LogP contribution in [0.15, 0.2) is 30.3 Å². The van der Waals surface area contributed by atoms with Crippen molar-refractivity contribution in [2.75, 3.05) is 0 Å². The topological polar surface area (TPSA) is 75.6 Å². The Kier molecular flexibility index (Phi) is 5.26. The Bertz CT molecular complexity index is 473. The van der Waals surface area contributed by atoms with Gasteiger partial charge in [0.25, 0.3) is 0 Å². The van der Waals surface area contributed by atoms with E-state index in [1.807, 2.05) is 18.2 Å². The molecular weight excluding hydrogens is 234 g/mol. The second-order valence-electron chi connectivity index (χ2n) is 3.37. The molecule has 2 N–H and O–H groups in total. The standard InChI is InChI=1S/C13H13NO4/c1-2-6-11(12(15)16)14-13(17)18-9-10-7-4-3-5-8-10/h3-5,7-8,11H,9H2,1H3,(H,14,17)(H,15,16). The van der Waals surface area contributed by atoms with Crippen molar-refractivity contribution in [2.24, 2.45) is 0 Å². The molecule has 1 aromatic rings. The summed E-state index contributed by atoms with van der Waals surface area (Å²) < 4.78 is 4.87. The Morgan fingerprint density at radius 3 is 2.61 bits per heavy atom. The van der Waals surface area contributed by atoms with Gasteiger partial charge in [-0.15, -0.1) is 5.92 Å². The molecule has 0 spiro atoms. The molecule has 1 unspecified atom stereocenters. The number of ether oxygens (including phenoxy) is 1. The minimum Gasteiger partial charge on any atom is -0.479 e. The number of hydrogen-bond donors (Lipinski definition) is 2. The zero-order valence-electron chi connectivity index (χ0n) is 9.84. The summed E-state index contributed by atoms with van der Waals surface area (Å²) in [5.41, 5.74) is 0.820. The molecule has 5 heteroatoms. The fraction of sp³-hybridized carbons (Fsp3) is 0.231. The Balaban J connectivity index is 2.45. The van der Waals surface area contributed by atoms with Crippen molar-refractivity contribution >= 4 is 12.1 Å². The zero-order chi connectivity index (χ0) is 13.4. The molecule has 0 heterocycles. The fourth-order valence-corrected chi connectivity index (χ4v) is 1.19. The number of carbonyl (C=O) groups is 2. The quantitative estimate of drug-likeness (QED) is 0.788. The third-order valence-electron chi connectivity index (χ3n) is 2.01. The van der Waals surface area contributed by atoms with E-state index in [9.17, 15) is 9.59 Å². The molecule has 0 aliphatic rings. The lowest BCUT2D eigenvalue weighted by Gasteiger charge is -2.09. The number of amides is 1. The number of aliphatic carboxylic acids is 1. The van der Waals surface area contributed by atoms with Gasteiger partial charge in [0.05, 0.1) is 0 Å². The highest BCUT2D eigenvalue weighted by molar-refractivity contribution is 5.83. The summed E-state index contributed by atoms with van der Waals surface area (Å²) in [4.78, 5) is 22.1. The largest absolute Gasteiger partial charge is 0.479 e. The third-order valence-corrected chi connectivity index (χ3v) is 2.01. The van der Waals surface area contributed by atoms with E-state index in [-0.39, 0.29) is 6.61 Å². The molecule has 0 fully saturated rings. The predicted octanol–water partition coefficient (Wildman–Crippen LogP) is 1.39. The zero-order valence-corrected chi connectivity index (χ0v) is 9.84. The lowest BCUT2D eigenvalue weighted by Crippen LogP contribution is -2.39. The van der Waals surface area contributed by atoms with Gasteiger partial charge >= 0.3 is 12.1 Å². The summed E-state index contributed by atoms with van der Waals surface area (Å²) in [6.07, 6.45) is -0.811. The molecule has 0 radical (unpaired) electrons. The van der Waals surface area contributed by atoms with Crippen LogP contribution in [0, 0.1) is 11.8 Å². The number of rotatable bonds is 4. The average molecular weight is 247 g/mol. The molecule has 0 aliphatic heterocycles. The molecule has 0 saturated heterocycles. The van der Waals surface area contributed by atoms with Crippen LogP contribution in [0.2, 0.25) is 0 Å². The van der Waals surface area contributed by atoms with Gasteiger partial charge in [-0.05, 0) is 12.5 Å². The van der Waals surface area contributed by atoms with Crippen molar-refractivity contribution in [3.63, 3.8) is 0 Å². The highest BCUT2D eigenvalue weighted by Crippen LogP contribution is 2.00. The van der Waals surface area contributed by atoms with E-state index >= 15 is 0 Å². The van der Waals surface area contributed by atoms with Crippen LogP contribution >= 0.6 is 0 Å². The van der Waals surface area contributed by atoms with Gasteiger partial charge in [-0.3, -0.25) is 5.32 Å². The second-order valence-corrected chi connectivity index (χ2v) is 3.37. The molecule has 1 aromatic carbocycles. The van der Waals surface area contributed by atoms with Crippen molar-refractivity contribution < 1.29 is 19.4 Å². The second kappa shape index (κ2) is 6.97. The Morgan fingerprint density at radius 1 is 1.39 bits per heavy atom. The van der Waals surface area contributed by atoms with Gasteiger partial charge in [0, 0.05) is 0 Å². The van der Waals surface area contributed by atoms with Crippen molar-refractivity contribution in [3.8, 4) is 11.8 Å². The van der Waals surface area contributed by atoms with Crippen molar-refractivity contribution in [2.45, 2.75) is 19.6 Å². The molecular formula is C13H13NO4. The first-order valence-electron chi connectivity index (χ1n) is 5.25. The molecule has 0 bridgehead atoms. The van der Waals surface area contributed by atoms with Crippen LogP contribution in [-0.2, 0) is 16.1 Å². The number of benzene rings is 1. The summed E-state index contributed by atoms with van der Waals surface area (Å²) in [7, 11) is 0. The Labute approximate surface area is 105 Å². The number of nitrogens with one attached hydrogen (secondary N) is 1. The molecule has 5 nitrogen and oxygen atoms in total. The number of carbonyl (C=O) groups excluding carboxylic acids is 1. The Morgan fingerprint density at radius 2 is 2.06 bits per heavy atom. The monoisotopic (exact) mass is 247 g/mol. The van der Waals surface area contributed by atoms with Gasteiger partial charge in [-0.2, -0.15) is 0 Å². The van der Waals surface area contributed by atoms with Crippen LogP contribution in [0.25, 0.3) is 0 Å². The van der Waals surface area contributed by atoms with E-state index in [1.54, 1.807) is 12.1 Å². The summed E-state index contributed by atoms with van der Waals surface area (Å²) in [6, 6.07) is 7.83. The number of carboxylic acid groups (broad SMARTS) is 1. The first-order valence-corrected chi connectivity index (χ1v) is 5.25. The smallest absolute Gasteiger partial charge is 0.408 e. The Hall–Kier alpha value is -2.48. The molecule has 18 heavy (non-hydrogen) atoms. The van der Waals surface area contributed by atoms with Crippen molar-refractivity contribution in [3.05, 3.63) is 35.9 Å². The minimum absolute atomic E-state index is 0.0819. The van der Waals surface area contributed by atoms with Gasteiger partial charge in [0.2, 0.25) is 0 Å². The predicted molar refractivity (Wildman–Crippen MR) is 64.6 cm³/mol. The van der Waals surface area contributed by atoms with E-state index in [1.165, 1.54) is 6.92 Å². The summed E-state index contributed by atoms with van der Waals surface area (Å²) in [5.74, 6) is 3.56. The minimum atomic E-state index is -1.25. The molecule has 1 amide bonds. The van der Waals surface area contributed by atoms with Crippen LogP contribution in [0.1, 0.15) is 12.5 Å². The normalized spacial score (nSPS) is 10.7. The molecule has 1 rings (SSSR count). The lowest BCUT2D eigenvalue weighted by molar-refractivity contribution is -0.137. The van der Waals surface area contributed by atoms with Crippen LogP contribution in [0.5, 0.6) is 0 Å². The van der Waals surface area contributed by atoms with Gasteiger partial charge in [0.15, 0.2) is 6.04 Å². The van der Waals surface area contributed by atoms with Crippen LogP contribution < -0.4 is 5.32 Å². The maximum Gasteiger partial charge on any atom is 0.408 e. The number of hydrogen-bond acceptors (Lipinski definition) is 3. The molecule has 0 aromatic heterocycles. The van der Waals surface area contributed by atoms with Gasteiger partial charge in [-0.1, -0.05) is 36.3 Å². The summed E-state index contributed by atoms with van der Waals surface area (Å²) >= 11 is 0. The van der Waals surface area contributed by atoms with Gasteiger partial charge < -0.3 is 9.84 Å². The van der Waals surface area contributed by atoms with Gasteiger partial charge in [-0.25, -0.2) is 9.59 Å². The fourth-order valence-electron chi connectivity index (χ4n) is 1.19. The van der Waals surface area contributed by atoms with Crippen molar-refractivity contribution in [1.82, 2.24) is 5.32 Å². The molecule has 94 valence electrons. The van der Waals surface area contributed by atoms with Gasteiger partial charge in [0.1, 0.15) is 6.61 Å². The first-order chi connectivity index (χ1) is 8.63. The van der Waals surface area contributed by atoms with E-state index in [0.717, 1.165) is 5.56 Å². The highest BCUT2D eigenvalue weighted by Gasteiger charge is 2.17. The van der Waals surface area contributed by atoms with Crippen LogP contribution in [0.4, 0.5) is 4.79 Å². The van der Waals surface area contributed by atoms with E-state index < -0.39 is 18.1 Å².